The van der Waals surface area contributed by atoms with Crippen LogP contribution >= 0.6 is 12.2 Å². The normalized spacial score (nSPS) is 12.9. The molecule has 21 heavy (non-hydrogen) atoms. The lowest BCUT2D eigenvalue weighted by atomic mass is 10.1. The molecule has 0 saturated carbocycles. The van der Waals surface area contributed by atoms with Crippen molar-refractivity contribution in [2.45, 2.75) is 20.0 Å². The van der Waals surface area contributed by atoms with Crippen LogP contribution in [-0.4, -0.2) is 48.3 Å². The molecule has 0 saturated heterocycles. The van der Waals surface area contributed by atoms with E-state index in [0.717, 1.165) is 24.2 Å². The van der Waals surface area contributed by atoms with E-state index < -0.39 is 6.10 Å². The molecule has 0 spiro atoms. The molecular formula is C16H26N2O2S. The maximum Gasteiger partial charge on any atom is 0.103 e. The summed E-state index contributed by atoms with van der Waals surface area (Å²) in [4.78, 5) is 2.60. The first-order chi connectivity index (χ1) is 9.93. The van der Waals surface area contributed by atoms with Gasteiger partial charge in [-0.3, -0.25) is 4.90 Å². The zero-order valence-corrected chi connectivity index (χ0v) is 13.9. The van der Waals surface area contributed by atoms with Crippen LogP contribution in [0.2, 0.25) is 0 Å². The molecule has 0 heterocycles. The summed E-state index contributed by atoms with van der Waals surface area (Å²) in [7, 11) is 1.69. The van der Waals surface area contributed by atoms with Gasteiger partial charge in [-0.1, -0.05) is 50.3 Å². The molecule has 0 aromatic heterocycles. The van der Waals surface area contributed by atoms with Gasteiger partial charge in [0.1, 0.15) is 4.99 Å². The Labute approximate surface area is 132 Å². The Morgan fingerprint density at radius 1 is 1.29 bits per heavy atom. The first-order valence-electron chi connectivity index (χ1n) is 7.23. The van der Waals surface area contributed by atoms with Crippen molar-refractivity contribution in [2.75, 3.05) is 33.4 Å². The van der Waals surface area contributed by atoms with Crippen LogP contribution in [0.1, 0.15) is 31.1 Å². The average Bonchev–Trinajstić information content (AvgIpc) is 2.44. The Morgan fingerprint density at radius 2 is 1.90 bits per heavy atom. The zero-order valence-electron chi connectivity index (χ0n) is 13.1. The third kappa shape index (κ3) is 6.52. The molecule has 4 nitrogen and oxygen atoms in total. The van der Waals surface area contributed by atoms with E-state index in [2.05, 4.69) is 18.7 Å². The number of aliphatic hydroxyl groups excluding tert-OH is 1. The van der Waals surface area contributed by atoms with E-state index in [1.165, 1.54) is 0 Å². The third-order valence-electron chi connectivity index (χ3n) is 3.25. The highest BCUT2D eigenvalue weighted by atomic mass is 32.1. The molecule has 1 atom stereocenters. The van der Waals surface area contributed by atoms with Crippen LogP contribution in [0.25, 0.3) is 0 Å². The number of benzene rings is 1. The van der Waals surface area contributed by atoms with Crippen molar-refractivity contribution < 1.29 is 9.84 Å². The van der Waals surface area contributed by atoms with E-state index in [9.17, 15) is 5.11 Å². The Hall–Kier alpha value is -1.01. The minimum absolute atomic E-state index is 0.373. The predicted molar refractivity (Wildman–Crippen MR) is 90.4 cm³/mol. The molecule has 0 fully saturated rings. The summed E-state index contributed by atoms with van der Waals surface area (Å²) in [5, 5.41) is 10.4. The Morgan fingerprint density at radius 3 is 2.38 bits per heavy atom. The predicted octanol–water partition coefficient (Wildman–Crippen LogP) is 1.96. The lowest BCUT2D eigenvalue weighted by Crippen LogP contribution is -2.34. The highest BCUT2D eigenvalue weighted by Gasteiger charge is 2.14. The lowest BCUT2D eigenvalue weighted by Gasteiger charge is -2.26. The van der Waals surface area contributed by atoms with Crippen molar-refractivity contribution in [3.05, 3.63) is 35.4 Å². The molecule has 1 rings (SSSR count). The molecule has 5 heteroatoms. The average molecular weight is 310 g/mol. The number of aliphatic hydroxyl groups is 1. The Bertz CT molecular complexity index is 434. The van der Waals surface area contributed by atoms with E-state index in [1.807, 2.05) is 24.3 Å². The highest BCUT2D eigenvalue weighted by Crippen LogP contribution is 2.16. The van der Waals surface area contributed by atoms with Gasteiger partial charge in [-0.15, -0.1) is 0 Å². The minimum Gasteiger partial charge on any atom is -0.389 e. The SMILES string of the molecule is COCCN(CC(C)C)CC(O)c1ccc(C(N)=S)cc1. The molecule has 3 N–H and O–H groups in total. The molecule has 0 bridgehead atoms. The number of nitrogens with zero attached hydrogens (tertiary/aromatic N) is 1. The zero-order chi connectivity index (χ0) is 15.8. The van der Waals surface area contributed by atoms with E-state index in [-0.39, 0.29) is 0 Å². The maximum atomic E-state index is 10.4. The quantitative estimate of drug-likeness (QED) is 0.683. The fourth-order valence-electron chi connectivity index (χ4n) is 2.21. The van der Waals surface area contributed by atoms with E-state index in [0.29, 0.717) is 24.1 Å². The molecule has 0 radical (unpaired) electrons. The van der Waals surface area contributed by atoms with Gasteiger partial charge in [-0.05, 0) is 11.5 Å². The van der Waals surface area contributed by atoms with Gasteiger partial charge in [0.25, 0.3) is 0 Å². The van der Waals surface area contributed by atoms with Crippen molar-refractivity contribution in [1.29, 1.82) is 0 Å². The largest absolute Gasteiger partial charge is 0.389 e. The number of rotatable bonds is 9. The summed E-state index contributed by atoms with van der Waals surface area (Å²) in [5.41, 5.74) is 7.27. The lowest BCUT2D eigenvalue weighted by molar-refractivity contribution is 0.0825. The van der Waals surface area contributed by atoms with Gasteiger partial charge in [0.2, 0.25) is 0 Å². The molecule has 1 aromatic rings. The highest BCUT2D eigenvalue weighted by molar-refractivity contribution is 7.80. The molecule has 1 unspecified atom stereocenters. The van der Waals surface area contributed by atoms with Gasteiger partial charge in [0.15, 0.2) is 0 Å². The number of thiocarbonyl (C=S) groups is 1. The fourth-order valence-corrected chi connectivity index (χ4v) is 2.35. The number of hydrogen-bond donors (Lipinski definition) is 2. The number of methoxy groups -OCH3 is 1. The van der Waals surface area contributed by atoms with Gasteiger partial charge in [-0.25, -0.2) is 0 Å². The van der Waals surface area contributed by atoms with Gasteiger partial charge in [0, 0.05) is 32.3 Å². The second-order valence-corrected chi connectivity index (χ2v) is 6.09. The van der Waals surface area contributed by atoms with Crippen LogP contribution < -0.4 is 5.73 Å². The third-order valence-corrected chi connectivity index (χ3v) is 3.48. The second-order valence-electron chi connectivity index (χ2n) is 5.65. The molecule has 0 aliphatic rings. The summed E-state index contributed by atoms with van der Waals surface area (Å²) in [6.45, 7) is 7.35. The molecule has 0 aliphatic heterocycles. The summed E-state index contributed by atoms with van der Waals surface area (Å²) >= 11 is 4.93. The van der Waals surface area contributed by atoms with E-state index in [4.69, 9.17) is 22.7 Å². The van der Waals surface area contributed by atoms with Gasteiger partial charge in [0.05, 0.1) is 12.7 Å². The summed E-state index contributed by atoms with van der Waals surface area (Å²) in [6, 6.07) is 7.46. The van der Waals surface area contributed by atoms with Crippen LogP contribution in [-0.2, 0) is 4.74 Å². The molecule has 1 aromatic carbocycles. The first kappa shape index (κ1) is 18.0. The van der Waals surface area contributed by atoms with Crippen LogP contribution in [0.4, 0.5) is 0 Å². The monoisotopic (exact) mass is 310 g/mol. The standard InChI is InChI=1S/C16H26N2O2S/c1-12(2)10-18(8-9-20-3)11-15(19)13-4-6-14(7-5-13)16(17)21/h4-7,12,15,19H,8-11H2,1-3H3,(H2,17,21). The number of nitrogens with two attached hydrogens (primary N) is 1. The van der Waals surface area contributed by atoms with Crippen molar-refractivity contribution in [2.24, 2.45) is 11.7 Å². The van der Waals surface area contributed by atoms with E-state index >= 15 is 0 Å². The van der Waals surface area contributed by atoms with Crippen molar-refractivity contribution >= 4 is 17.2 Å². The number of hydrogen-bond acceptors (Lipinski definition) is 4. The van der Waals surface area contributed by atoms with Gasteiger partial charge in [-0.2, -0.15) is 0 Å². The topological polar surface area (TPSA) is 58.7 Å². The summed E-state index contributed by atoms with van der Waals surface area (Å²) < 4.78 is 5.13. The van der Waals surface area contributed by atoms with Gasteiger partial charge >= 0.3 is 0 Å². The molecular weight excluding hydrogens is 284 g/mol. The van der Waals surface area contributed by atoms with Crippen LogP contribution in [0.15, 0.2) is 24.3 Å². The maximum absolute atomic E-state index is 10.4. The molecule has 0 aliphatic carbocycles. The first-order valence-corrected chi connectivity index (χ1v) is 7.64. The smallest absolute Gasteiger partial charge is 0.103 e. The summed E-state index contributed by atoms with van der Waals surface area (Å²) in [5.74, 6) is 0.547. The van der Waals surface area contributed by atoms with Crippen LogP contribution in [0, 0.1) is 5.92 Å². The van der Waals surface area contributed by atoms with Crippen LogP contribution in [0.5, 0.6) is 0 Å². The van der Waals surface area contributed by atoms with Crippen LogP contribution in [0.3, 0.4) is 0 Å². The van der Waals surface area contributed by atoms with E-state index in [1.54, 1.807) is 7.11 Å². The van der Waals surface area contributed by atoms with Crippen molar-refractivity contribution in [3.63, 3.8) is 0 Å². The fraction of sp³-hybridized carbons (Fsp3) is 0.562. The molecule has 0 amide bonds. The van der Waals surface area contributed by atoms with Gasteiger partial charge < -0.3 is 15.6 Å². The number of ether oxygens (including phenoxy) is 1. The van der Waals surface area contributed by atoms with Crippen molar-refractivity contribution in [1.82, 2.24) is 4.90 Å². The molecule has 118 valence electrons. The minimum atomic E-state index is -0.527. The van der Waals surface area contributed by atoms with Crippen molar-refractivity contribution in [3.8, 4) is 0 Å². The second kappa shape index (κ2) is 9.10. The Balaban J connectivity index is 2.66. The summed E-state index contributed by atoms with van der Waals surface area (Å²) in [6.07, 6.45) is -0.527. The Kier molecular flexibility index (Phi) is 7.82.